The molecule has 4 aliphatic carbocycles. The zero-order chi connectivity index (χ0) is 17.8. The van der Waals surface area contributed by atoms with E-state index in [-0.39, 0.29) is 22.9 Å². The predicted octanol–water partition coefficient (Wildman–Crippen LogP) is 4.71. The zero-order valence-corrected chi connectivity index (χ0v) is 15.8. The fraction of sp³-hybridized carbons (Fsp3) is 0.810. The molecule has 3 fully saturated rings. The van der Waals surface area contributed by atoms with Crippen molar-refractivity contribution in [2.75, 3.05) is 0 Å². The summed E-state index contributed by atoms with van der Waals surface area (Å²) in [6, 6.07) is 0. The van der Waals surface area contributed by atoms with Gasteiger partial charge in [0, 0.05) is 18.8 Å². The van der Waals surface area contributed by atoms with Crippen molar-refractivity contribution in [1.29, 1.82) is 0 Å². The van der Waals surface area contributed by atoms with Crippen molar-refractivity contribution in [2.24, 2.45) is 33.7 Å². The number of carbonyl (C=O) groups excluding carboxylic acids is 1. The molecule has 0 unspecified atom stereocenters. The van der Waals surface area contributed by atoms with Gasteiger partial charge in [-0.25, -0.2) is 0 Å². The number of carbonyl (C=O) groups is 1. The molecule has 0 bridgehead atoms. The van der Waals surface area contributed by atoms with E-state index in [1.165, 1.54) is 25.3 Å². The third-order valence-corrected chi connectivity index (χ3v) is 8.25. The number of oxime groups is 1. The Bertz CT molecular complexity index is 639. The van der Waals surface area contributed by atoms with Crippen LogP contribution < -0.4 is 0 Å². The van der Waals surface area contributed by atoms with E-state index in [2.05, 4.69) is 25.1 Å². The third-order valence-electron chi connectivity index (χ3n) is 8.25. The van der Waals surface area contributed by atoms with Crippen LogP contribution in [-0.4, -0.2) is 23.0 Å². The van der Waals surface area contributed by atoms with Gasteiger partial charge in [-0.2, -0.15) is 0 Å². The Morgan fingerprint density at radius 1 is 1.20 bits per heavy atom. The summed E-state index contributed by atoms with van der Waals surface area (Å²) < 4.78 is 5.51. The van der Waals surface area contributed by atoms with Gasteiger partial charge in [0.2, 0.25) is 0 Å². The molecule has 4 heteroatoms. The van der Waals surface area contributed by atoms with Crippen molar-refractivity contribution in [1.82, 2.24) is 0 Å². The highest BCUT2D eigenvalue weighted by atomic mass is 16.5. The first-order valence-corrected chi connectivity index (χ1v) is 9.96. The number of allylic oxidation sites excluding steroid dienone is 1. The van der Waals surface area contributed by atoms with Crippen molar-refractivity contribution in [3.05, 3.63) is 11.6 Å². The molecule has 4 aliphatic rings. The highest BCUT2D eigenvalue weighted by molar-refractivity contribution is 5.92. The molecule has 0 aromatic carbocycles. The molecule has 0 radical (unpaired) electrons. The molecule has 3 saturated carbocycles. The van der Waals surface area contributed by atoms with Gasteiger partial charge in [0.15, 0.2) is 0 Å². The van der Waals surface area contributed by atoms with E-state index in [1.807, 2.05) is 0 Å². The summed E-state index contributed by atoms with van der Waals surface area (Å²) in [7, 11) is 0. The van der Waals surface area contributed by atoms with Crippen molar-refractivity contribution < 1.29 is 14.7 Å². The van der Waals surface area contributed by atoms with E-state index in [0.717, 1.165) is 50.2 Å². The van der Waals surface area contributed by atoms with E-state index in [4.69, 9.17) is 4.74 Å². The van der Waals surface area contributed by atoms with Gasteiger partial charge in [-0.15, -0.1) is 0 Å². The maximum atomic E-state index is 11.3. The lowest BCUT2D eigenvalue weighted by atomic mass is 9.48. The van der Waals surface area contributed by atoms with Crippen LogP contribution in [0.5, 0.6) is 0 Å². The lowest BCUT2D eigenvalue weighted by Crippen LogP contribution is -2.50. The molecule has 6 atom stereocenters. The average Bonchev–Trinajstić information content (AvgIpc) is 2.91. The first kappa shape index (κ1) is 17.1. The van der Waals surface area contributed by atoms with E-state index in [9.17, 15) is 10.0 Å². The first-order valence-electron chi connectivity index (χ1n) is 9.96. The molecule has 0 aliphatic heterocycles. The Kier molecular flexibility index (Phi) is 4.01. The minimum absolute atomic E-state index is 0.0711. The van der Waals surface area contributed by atoms with Crippen LogP contribution in [0.25, 0.3) is 0 Å². The van der Waals surface area contributed by atoms with Gasteiger partial charge in [-0.1, -0.05) is 30.7 Å². The van der Waals surface area contributed by atoms with E-state index < -0.39 is 0 Å². The zero-order valence-electron chi connectivity index (χ0n) is 15.8. The molecule has 0 aromatic rings. The monoisotopic (exact) mass is 345 g/mol. The van der Waals surface area contributed by atoms with Gasteiger partial charge in [0.05, 0.1) is 5.71 Å². The summed E-state index contributed by atoms with van der Waals surface area (Å²) in [4.78, 5) is 11.3. The standard InChI is InChI=1S/C21H31NO3/c1-13(23)25-15-8-10-20(2)14(12-15)4-5-16-17-6-7-19(22-24)21(17,3)11-9-18(16)20/h4,15-18,24H,5-12H2,1-3H3/b22-19-/t15-,16+,17+,18+,20-,21-/m0/s1. The van der Waals surface area contributed by atoms with E-state index in [0.29, 0.717) is 11.8 Å². The SMILES string of the molecule is CC(=O)O[C@H]1CC[C@@]2(C)C(=CC[C@H]3[C@H]2CC[C@]2(C)/C(=N\O)CC[C@H]32)C1. The smallest absolute Gasteiger partial charge is 0.302 e. The number of hydrogen-bond donors (Lipinski definition) is 1. The Morgan fingerprint density at radius 2 is 1.92 bits per heavy atom. The Labute approximate surface area is 150 Å². The Morgan fingerprint density at radius 3 is 2.64 bits per heavy atom. The number of ether oxygens (including phenoxy) is 1. The fourth-order valence-corrected chi connectivity index (χ4v) is 6.92. The van der Waals surface area contributed by atoms with Gasteiger partial charge >= 0.3 is 5.97 Å². The summed E-state index contributed by atoms with van der Waals surface area (Å²) in [6.07, 6.45) is 11.2. The van der Waals surface area contributed by atoms with Gasteiger partial charge in [0.25, 0.3) is 0 Å². The average molecular weight is 345 g/mol. The Hall–Kier alpha value is -1.32. The van der Waals surface area contributed by atoms with Crippen LogP contribution in [0.15, 0.2) is 16.8 Å². The van der Waals surface area contributed by atoms with Crippen LogP contribution in [0.2, 0.25) is 0 Å². The molecule has 0 heterocycles. The maximum absolute atomic E-state index is 11.3. The molecule has 0 aromatic heterocycles. The molecule has 0 amide bonds. The van der Waals surface area contributed by atoms with E-state index in [1.54, 1.807) is 0 Å². The molecular formula is C21H31NO3. The molecule has 25 heavy (non-hydrogen) atoms. The summed E-state index contributed by atoms with van der Waals surface area (Å²) in [5, 5.41) is 13.1. The van der Waals surface area contributed by atoms with Gasteiger partial charge in [-0.3, -0.25) is 4.79 Å². The summed E-state index contributed by atoms with van der Waals surface area (Å²) in [5.74, 6) is 1.93. The lowest BCUT2D eigenvalue weighted by molar-refractivity contribution is -0.148. The first-order chi connectivity index (χ1) is 11.9. The van der Waals surface area contributed by atoms with Gasteiger partial charge in [0.1, 0.15) is 6.10 Å². The van der Waals surface area contributed by atoms with E-state index >= 15 is 0 Å². The summed E-state index contributed by atoms with van der Waals surface area (Å²) in [6.45, 7) is 6.30. The van der Waals surface area contributed by atoms with Crippen LogP contribution in [0.1, 0.15) is 72.1 Å². The largest absolute Gasteiger partial charge is 0.462 e. The van der Waals surface area contributed by atoms with Gasteiger partial charge < -0.3 is 9.94 Å². The topological polar surface area (TPSA) is 58.9 Å². The fourth-order valence-electron chi connectivity index (χ4n) is 6.92. The molecule has 4 nitrogen and oxygen atoms in total. The molecule has 0 spiro atoms. The normalized spacial score (nSPS) is 47.5. The number of esters is 1. The molecular weight excluding hydrogens is 314 g/mol. The number of nitrogens with zero attached hydrogens (tertiary/aromatic N) is 1. The molecule has 1 N–H and O–H groups in total. The number of fused-ring (bicyclic) bond motifs is 5. The van der Waals surface area contributed by atoms with Crippen LogP contribution in [0.3, 0.4) is 0 Å². The summed E-state index contributed by atoms with van der Waals surface area (Å²) in [5.41, 5.74) is 2.94. The van der Waals surface area contributed by atoms with Crippen molar-refractivity contribution in [3.8, 4) is 0 Å². The van der Waals surface area contributed by atoms with Crippen molar-refractivity contribution >= 4 is 11.7 Å². The third kappa shape index (κ3) is 2.47. The van der Waals surface area contributed by atoms with Crippen molar-refractivity contribution in [2.45, 2.75) is 78.2 Å². The summed E-state index contributed by atoms with van der Waals surface area (Å²) >= 11 is 0. The number of rotatable bonds is 1. The van der Waals surface area contributed by atoms with Crippen molar-refractivity contribution in [3.63, 3.8) is 0 Å². The maximum Gasteiger partial charge on any atom is 0.302 e. The second kappa shape index (κ2) is 5.85. The van der Waals surface area contributed by atoms with Gasteiger partial charge in [-0.05, 0) is 68.1 Å². The number of hydrogen-bond acceptors (Lipinski definition) is 4. The lowest BCUT2D eigenvalue weighted by Gasteiger charge is -2.57. The molecule has 138 valence electrons. The highest BCUT2D eigenvalue weighted by Crippen LogP contribution is 2.64. The minimum atomic E-state index is -0.155. The van der Waals surface area contributed by atoms with Crippen LogP contribution >= 0.6 is 0 Å². The van der Waals surface area contributed by atoms with Crippen LogP contribution in [0, 0.1) is 28.6 Å². The molecule has 4 rings (SSSR count). The second-order valence-corrected chi connectivity index (χ2v) is 9.28. The minimum Gasteiger partial charge on any atom is -0.462 e. The second-order valence-electron chi connectivity index (χ2n) is 9.28. The van der Waals surface area contributed by atoms with Crippen LogP contribution in [-0.2, 0) is 9.53 Å². The van der Waals surface area contributed by atoms with Crippen LogP contribution in [0.4, 0.5) is 0 Å². The molecule has 0 saturated heterocycles. The predicted molar refractivity (Wildman–Crippen MR) is 96.5 cm³/mol. The highest BCUT2D eigenvalue weighted by Gasteiger charge is 2.58. The quantitative estimate of drug-likeness (QED) is 0.324. The Balaban J connectivity index is 1.60.